The largest absolute Gasteiger partial charge is 0.493 e. The van der Waals surface area contributed by atoms with Crippen LogP contribution in [0.25, 0.3) is 6.08 Å². The fourth-order valence-corrected chi connectivity index (χ4v) is 3.05. The molecular formula is C13H14NO3S2+. The second kappa shape index (κ2) is 5.73. The van der Waals surface area contributed by atoms with E-state index in [0.717, 1.165) is 5.56 Å². The Bertz CT molecular complexity index is 569. The molecule has 2 rings (SSSR count). The topological polar surface area (TPSA) is 63.2 Å². The SMILES string of the molecule is COc1cccc(/C=C2/SC(=S)[C@H]([NH3+])C2=O)c1OC. The van der Waals surface area contributed by atoms with Crippen molar-refractivity contribution >= 4 is 40.0 Å². The number of rotatable bonds is 3. The maximum Gasteiger partial charge on any atom is 0.232 e. The minimum absolute atomic E-state index is 0.0418. The van der Waals surface area contributed by atoms with E-state index in [-0.39, 0.29) is 5.78 Å². The van der Waals surface area contributed by atoms with Crippen LogP contribution in [-0.4, -0.2) is 30.2 Å². The van der Waals surface area contributed by atoms with Gasteiger partial charge in [-0.2, -0.15) is 0 Å². The van der Waals surface area contributed by atoms with Gasteiger partial charge >= 0.3 is 0 Å². The van der Waals surface area contributed by atoms with Crippen LogP contribution in [0.3, 0.4) is 0 Å². The number of hydrogen-bond acceptors (Lipinski definition) is 5. The Labute approximate surface area is 121 Å². The summed E-state index contributed by atoms with van der Waals surface area (Å²) >= 11 is 6.40. The quantitative estimate of drug-likeness (QED) is 0.673. The summed E-state index contributed by atoms with van der Waals surface area (Å²) in [6.07, 6.45) is 1.77. The summed E-state index contributed by atoms with van der Waals surface area (Å²) in [6.45, 7) is 0. The van der Waals surface area contributed by atoms with Crippen molar-refractivity contribution in [3.8, 4) is 11.5 Å². The predicted molar refractivity (Wildman–Crippen MR) is 79.4 cm³/mol. The second-order valence-electron chi connectivity index (χ2n) is 3.93. The monoisotopic (exact) mass is 296 g/mol. The van der Waals surface area contributed by atoms with E-state index in [0.29, 0.717) is 20.6 Å². The van der Waals surface area contributed by atoms with Crippen molar-refractivity contribution in [2.24, 2.45) is 0 Å². The number of carbonyl (C=O) groups is 1. The summed E-state index contributed by atoms with van der Waals surface area (Å²) in [5.74, 6) is 1.19. The molecule has 1 aromatic rings. The molecule has 1 aliphatic rings. The number of benzene rings is 1. The van der Waals surface area contributed by atoms with E-state index in [1.54, 1.807) is 26.4 Å². The van der Waals surface area contributed by atoms with Gasteiger partial charge in [0.15, 0.2) is 17.5 Å². The minimum Gasteiger partial charge on any atom is -0.493 e. The van der Waals surface area contributed by atoms with Crippen LogP contribution in [0.5, 0.6) is 11.5 Å². The van der Waals surface area contributed by atoms with Crippen LogP contribution in [0, 0.1) is 0 Å². The first-order valence-corrected chi connectivity index (χ1v) is 6.82. The molecule has 6 heteroatoms. The molecule has 1 saturated heterocycles. The first-order chi connectivity index (χ1) is 9.08. The molecule has 0 amide bonds. The van der Waals surface area contributed by atoms with Crippen LogP contribution >= 0.6 is 24.0 Å². The lowest BCUT2D eigenvalue weighted by molar-refractivity contribution is -0.377. The molecule has 1 aliphatic heterocycles. The lowest BCUT2D eigenvalue weighted by Crippen LogP contribution is -2.65. The molecule has 1 heterocycles. The number of methoxy groups -OCH3 is 2. The third-order valence-electron chi connectivity index (χ3n) is 2.77. The standard InChI is InChI=1S/C13H13NO3S2/c1-16-8-5-3-4-7(12(8)17-2)6-9-11(15)10(14)13(18)19-9/h3-6,10H,14H2,1-2H3/p+1/b9-6+/t10-/m1/s1. The number of thioether (sulfide) groups is 1. The highest BCUT2D eigenvalue weighted by atomic mass is 32.2. The number of ketones is 1. The van der Waals surface area contributed by atoms with Crippen molar-refractivity contribution < 1.29 is 20.0 Å². The van der Waals surface area contributed by atoms with Gasteiger partial charge < -0.3 is 15.2 Å². The molecule has 0 aliphatic carbocycles. The van der Waals surface area contributed by atoms with Gasteiger partial charge in [-0.3, -0.25) is 4.79 Å². The van der Waals surface area contributed by atoms with Gasteiger partial charge in [-0.25, -0.2) is 0 Å². The average molecular weight is 296 g/mol. The lowest BCUT2D eigenvalue weighted by atomic mass is 10.1. The minimum atomic E-state index is -0.442. The summed E-state index contributed by atoms with van der Waals surface area (Å²) in [5.41, 5.74) is 4.55. The highest BCUT2D eigenvalue weighted by Gasteiger charge is 2.35. The Hall–Kier alpha value is -1.37. The van der Waals surface area contributed by atoms with Crippen LogP contribution in [-0.2, 0) is 4.79 Å². The molecule has 0 radical (unpaired) electrons. The number of thiocarbonyl (C=S) groups is 1. The Morgan fingerprint density at radius 1 is 1.37 bits per heavy atom. The van der Waals surface area contributed by atoms with Crippen molar-refractivity contribution in [3.63, 3.8) is 0 Å². The third kappa shape index (κ3) is 2.65. The second-order valence-corrected chi connectivity index (χ2v) is 5.71. The summed E-state index contributed by atoms with van der Waals surface area (Å²) in [4.78, 5) is 12.6. The fraction of sp³-hybridized carbons (Fsp3) is 0.231. The van der Waals surface area contributed by atoms with E-state index >= 15 is 0 Å². The molecule has 4 nitrogen and oxygen atoms in total. The van der Waals surface area contributed by atoms with Crippen LogP contribution in [0.2, 0.25) is 0 Å². The first kappa shape index (κ1) is 14.0. The number of ether oxygens (including phenoxy) is 2. The molecule has 1 aromatic carbocycles. The number of carbonyl (C=O) groups excluding carboxylic acids is 1. The predicted octanol–water partition coefficient (Wildman–Crippen LogP) is 1.30. The molecule has 0 unspecified atom stereocenters. The zero-order valence-corrected chi connectivity index (χ0v) is 12.3. The lowest BCUT2D eigenvalue weighted by Gasteiger charge is -2.10. The van der Waals surface area contributed by atoms with E-state index in [2.05, 4.69) is 5.73 Å². The Balaban J connectivity index is 2.44. The van der Waals surface area contributed by atoms with Gasteiger partial charge in [-0.15, -0.1) is 0 Å². The van der Waals surface area contributed by atoms with E-state index < -0.39 is 6.04 Å². The smallest absolute Gasteiger partial charge is 0.232 e. The van der Waals surface area contributed by atoms with E-state index in [4.69, 9.17) is 21.7 Å². The van der Waals surface area contributed by atoms with Crippen molar-refractivity contribution in [1.29, 1.82) is 0 Å². The molecule has 0 bridgehead atoms. The van der Waals surface area contributed by atoms with Gasteiger partial charge in [-0.1, -0.05) is 36.1 Å². The molecule has 0 spiro atoms. The van der Waals surface area contributed by atoms with Gasteiger partial charge in [0.1, 0.15) is 4.20 Å². The fourth-order valence-electron chi connectivity index (χ4n) is 1.78. The summed E-state index contributed by atoms with van der Waals surface area (Å²) in [7, 11) is 3.14. The molecule has 19 heavy (non-hydrogen) atoms. The van der Waals surface area contributed by atoms with Gasteiger partial charge in [0.25, 0.3) is 0 Å². The molecule has 3 N–H and O–H groups in total. The van der Waals surface area contributed by atoms with Crippen molar-refractivity contribution in [2.45, 2.75) is 6.04 Å². The summed E-state index contributed by atoms with van der Waals surface area (Å²) in [6, 6.07) is 5.07. The number of quaternary nitrogens is 1. The molecule has 1 fully saturated rings. The van der Waals surface area contributed by atoms with Crippen molar-refractivity contribution in [1.82, 2.24) is 0 Å². The van der Waals surface area contributed by atoms with Gasteiger partial charge in [0.2, 0.25) is 5.78 Å². The Kier molecular flexibility index (Phi) is 4.24. The van der Waals surface area contributed by atoms with E-state index in [1.165, 1.54) is 11.8 Å². The van der Waals surface area contributed by atoms with Gasteiger partial charge in [0, 0.05) is 5.56 Å². The highest BCUT2D eigenvalue weighted by Crippen LogP contribution is 2.36. The van der Waals surface area contributed by atoms with Crippen molar-refractivity contribution in [2.75, 3.05) is 14.2 Å². The number of hydrogen-bond donors (Lipinski definition) is 1. The molecule has 1 atom stereocenters. The van der Waals surface area contributed by atoms with Crippen LogP contribution in [0.4, 0.5) is 0 Å². The normalized spacial score (nSPS) is 21.0. The number of Topliss-reactive ketones (excluding diaryl/α,β-unsaturated/α-hetero) is 1. The summed E-state index contributed by atoms with van der Waals surface area (Å²) in [5, 5.41) is 0. The zero-order chi connectivity index (χ0) is 14.0. The third-order valence-corrected chi connectivity index (χ3v) is 4.33. The van der Waals surface area contributed by atoms with Gasteiger partial charge in [-0.05, 0) is 12.1 Å². The van der Waals surface area contributed by atoms with Gasteiger partial charge in [0.05, 0.1) is 19.1 Å². The van der Waals surface area contributed by atoms with Crippen LogP contribution < -0.4 is 15.2 Å². The first-order valence-electron chi connectivity index (χ1n) is 5.60. The maximum absolute atomic E-state index is 12.0. The Morgan fingerprint density at radius 3 is 2.63 bits per heavy atom. The zero-order valence-electron chi connectivity index (χ0n) is 10.6. The Morgan fingerprint density at radius 2 is 2.11 bits per heavy atom. The highest BCUT2D eigenvalue weighted by molar-refractivity contribution is 8.27. The molecular weight excluding hydrogens is 282 g/mol. The maximum atomic E-state index is 12.0. The molecule has 100 valence electrons. The average Bonchev–Trinajstić information content (AvgIpc) is 2.66. The van der Waals surface area contributed by atoms with E-state index in [1.807, 2.05) is 12.1 Å². The molecule has 0 aromatic heterocycles. The number of para-hydroxylation sites is 1. The van der Waals surface area contributed by atoms with Crippen molar-refractivity contribution in [3.05, 3.63) is 28.7 Å². The van der Waals surface area contributed by atoms with Crippen LogP contribution in [0.1, 0.15) is 5.56 Å². The summed E-state index contributed by atoms with van der Waals surface area (Å²) < 4.78 is 11.2. The van der Waals surface area contributed by atoms with E-state index in [9.17, 15) is 4.79 Å². The van der Waals surface area contributed by atoms with Crippen LogP contribution in [0.15, 0.2) is 23.1 Å². The molecule has 0 saturated carbocycles.